The van der Waals surface area contributed by atoms with Crippen LogP contribution in [0.15, 0.2) is 0 Å². The Morgan fingerprint density at radius 2 is 1.76 bits per heavy atom. The maximum Gasteiger partial charge on any atom is 0.245 e. The van der Waals surface area contributed by atoms with E-state index in [1.807, 2.05) is 0 Å². The first-order valence-corrected chi connectivity index (χ1v) is 6.37. The van der Waals surface area contributed by atoms with Crippen LogP contribution in [-0.2, 0) is 9.59 Å². The summed E-state index contributed by atoms with van der Waals surface area (Å²) in [4.78, 5) is 21.9. The van der Waals surface area contributed by atoms with Crippen molar-refractivity contribution in [3.63, 3.8) is 0 Å². The molecular formula is C8H13Br2NO6. The zero-order valence-electron chi connectivity index (χ0n) is 8.53. The monoisotopic (exact) mass is 377 g/mol. The Kier molecular flexibility index (Phi) is 8.09. The van der Waals surface area contributed by atoms with E-state index in [1.54, 1.807) is 0 Å². The van der Waals surface area contributed by atoms with Gasteiger partial charge in [0.15, 0.2) is 0 Å². The summed E-state index contributed by atoms with van der Waals surface area (Å²) in [5, 5.41) is 38.6. The molecule has 100 valence electrons. The van der Waals surface area contributed by atoms with Crippen LogP contribution in [-0.4, -0.2) is 67.3 Å². The van der Waals surface area contributed by atoms with E-state index in [1.165, 1.54) is 0 Å². The van der Waals surface area contributed by atoms with E-state index >= 15 is 0 Å². The molecule has 0 spiro atoms. The Balaban J connectivity index is 4.55. The smallest absolute Gasteiger partial charge is 0.245 e. The van der Waals surface area contributed by atoms with E-state index in [9.17, 15) is 19.8 Å². The van der Waals surface area contributed by atoms with E-state index in [4.69, 9.17) is 10.2 Å². The number of carbonyl (C=O) groups excluding carboxylic acids is 2. The summed E-state index contributed by atoms with van der Waals surface area (Å²) in [6.07, 6.45) is -4.86. The van der Waals surface area contributed by atoms with Gasteiger partial charge in [-0.1, -0.05) is 31.9 Å². The summed E-state index contributed by atoms with van der Waals surface area (Å²) >= 11 is 5.76. The largest absolute Gasteiger partial charge is 0.394 e. The molecule has 0 radical (unpaired) electrons. The molecule has 0 heterocycles. The summed E-state index contributed by atoms with van der Waals surface area (Å²) in [6, 6.07) is -1.39. The van der Waals surface area contributed by atoms with Crippen molar-refractivity contribution in [2.45, 2.75) is 28.1 Å². The van der Waals surface area contributed by atoms with Crippen molar-refractivity contribution >= 4 is 44.1 Å². The van der Waals surface area contributed by atoms with E-state index in [-0.39, 0.29) is 6.29 Å². The number of nitrogens with one attached hydrogen (secondary N) is 1. The Hall–Kier alpha value is -0.0600. The Morgan fingerprint density at radius 1 is 1.24 bits per heavy atom. The van der Waals surface area contributed by atoms with Crippen molar-refractivity contribution < 1.29 is 30.0 Å². The van der Waals surface area contributed by atoms with E-state index in [2.05, 4.69) is 37.2 Å². The number of hydrogen-bond acceptors (Lipinski definition) is 6. The van der Waals surface area contributed by atoms with Gasteiger partial charge in [0.05, 0.1) is 6.61 Å². The summed E-state index contributed by atoms with van der Waals surface area (Å²) in [5.74, 6) is -0.633. The van der Waals surface area contributed by atoms with Gasteiger partial charge in [0.1, 0.15) is 34.4 Å². The quantitative estimate of drug-likeness (QED) is 0.254. The molecule has 7 nitrogen and oxygen atoms in total. The lowest BCUT2D eigenvalue weighted by Gasteiger charge is -2.26. The molecular weight excluding hydrogens is 366 g/mol. The molecule has 0 bridgehead atoms. The molecule has 0 saturated heterocycles. The first-order chi connectivity index (χ1) is 7.84. The number of halogens is 2. The molecule has 0 unspecified atom stereocenters. The maximum atomic E-state index is 11.2. The minimum atomic E-state index is -1.75. The minimum Gasteiger partial charge on any atom is -0.394 e. The molecule has 0 rings (SSSR count). The third-order valence-electron chi connectivity index (χ3n) is 1.95. The molecule has 0 aromatic heterocycles. The number of aldehydes is 1. The molecule has 0 aromatic carbocycles. The highest BCUT2D eigenvalue weighted by molar-refractivity contribution is 9.25. The van der Waals surface area contributed by atoms with Crippen molar-refractivity contribution in [1.29, 1.82) is 0 Å². The van der Waals surface area contributed by atoms with Crippen LogP contribution >= 0.6 is 31.9 Å². The van der Waals surface area contributed by atoms with E-state index in [0.29, 0.717) is 0 Å². The Labute approximate surface area is 114 Å². The van der Waals surface area contributed by atoms with Crippen LogP contribution in [0.4, 0.5) is 0 Å². The number of aliphatic hydroxyl groups is 4. The van der Waals surface area contributed by atoms with Crippen LogP contribution in [0.5, 0.6) is 0 Å². The predicted molar refractivity (Wildman–Crippen MR) is 64.7 cm³/mol. The molecule has 0 aliphatic rings. The van der Waals surface area contributed by atoms with Gasteiger partial charge in [-0.3, -0.25) is 4.79 Å². The predicted octanol–water partition coefficient (Wildman–Crippen LogP) is -2.14. The Bertz CT molecular complexity index is 264. The van der Waals surface area contributed by atoms with Crippen molar-refractivity contribution in [2.75, 3.05) is 6.61 Å². The molecule has 9 heteroatoms. The highest BCUT2D eigenvalue weighted by Gasteiger charge is 2.32. The third-order valence-corrected chi connectivity index (χ3v) is 2.78. The maximum absolute atomic E-state index is 11.2. The molecule has 5 N–H and O–H groups in total. The topological polar surface area (TPSA) is 127 Å². The fourth-order valence-corrected chi connectivity index (χ4v) is 1.24. The van der Waals surface area contributed by atoms with Crippen molar-refractivity contribution in [2.24, 2.45) is 0 Å². The number of aliphatic hydroxyl groups excluding tert-OH is 4. The highest BCUT2D eigenvalue weighted by Crippen LogP contribution is 2.09. The van der Waals surface area contributed by atoms with Crippen LogP contribution in [0.3, 0.4) is 0 Å². The van der Waals surface area contributed by atoms with E-state index in [0.717, 1.165) is 0 Å². The highest BCUT2D eigenvalue weighted by atomic mass is 79.9. The van der Waals surface area contributed by atoms with Gasteiger partial charge < -0.3 is 30.5 Å². The number of hydrogen-bond donors (Lipinski definition) is 5. The molecule has 0 aliphatic heterocycles. The number of rotatable bonds is 7. The molecule has 0 aromatic rings. The van der Waals surface area contributed by atoms with Gasteiger partial charge in [-0.05, 0) is 0 Å². The minimum absolute atomic E-state index is 0.220. The lowest BCUT2D eigenvalue weighted by atomic mass is 10.0. The van der Waals surface area contributed by atoms with Gasteiger partial charge in [0, 0.05) is 0 Å². The zero-order valence-corrected chi connectivity index (χ0v) is 11.7. The van der Waals surface area contributed by atoms with Gasteiger partial charge in [-0.25, -0.2) is 0 Å². The molecule has 0 fully saturated rings. The summed E-state index contributed by atoms with van der Waals surface area (Å²) in [6.45, 7) is -0.780. The average molecular weight is 379 g/mol. The molecule has 4 atom stereocenters. The van der Waals surface area contributed by atoms with Crippen LogP contribution in [0, 0.1) is 0 Å². The van der Waals surface area contributed by atoms with Crippen molar-refractivity contribution in [3.05, 3.63) is 0 Å². The van der Waals surface area contributed by atoms with Crippen LogP contribution in [0.1, 0.15) is 0 Å². The van der Waals surface area contributed by atoms with Gasteiger partial charge in [0.25, 0.3) is 0 Å². The normalized spacial score (nSPS) is 18.3. The zero-order chi connectivity index (χ0) is 13.6. The van der Waals surface area contributed by atoms with Gasteiger partial charge >= 0.3 is 0 Å². The second-order valence-corrected chi connectivity index (χ2v) is 6.26. The molecule has 0 aliphatic carbocycles. The SMILES string of the molecule is O=C[C@H](NC(=O)C(Br)Br)[C@@H](O)[C@H](O)[C@H](O)CO. The number of amides is 1. The van der Waals surface area contributed by atoms with Crippen molar-refractivity contribution in [3.8, 4) is 0 Å². The summed E-state index contributed by atoms with van der Waals surface area (Å²) < 4.78 is -0.760. The number of carbonyl (C=O) groups is 2. The van der Waals surface area contributed by atoms with Crippen molar-refractivity contribution in [1.82, 2.24) is 5.32 Å². The van der Waals surface area contributed by atoms with Gasteiger partial charge in [0.2, 0.25) is 5.91 Å². The summed E-state index contributed by atoms with van der Waals surface area (Å²) in [7, 11) is 0. The lowest BCUT2D eigenvalue weighted by Crippen LogP contribution is -2.54. The average Bonchev–Trinajstić information content (AvgIpc) is 2.32. The first kappa shape index (κ1) is 16.9. The Morgan fingerprint density at radius 3 is 2.12 bits per heavy atom. The first-order valence-electron chi connectivity index (χ1n) is 4.54. The van der Waals surface area contributed by atoms with Gasteiger partial charge in [-0.15, -0.1) is 0 Å². The fourth-order valence-electron chi connectivity index (χ4n) is 0.975. The second-order valence-electron chi connectivity index (χ2n) is 3.20. The van der Waals surface area contributed by atoms with Crippen LogP contribution in [0.2, 0.25) is 0 Å². The fraction of sp³-hybridized carbons (Fsp3) is 0.750. The lowest BCUT2D eigenvalue weighted by molar-refractivity contribution is -0.129. The van der Waals surface area contributed by atoms with Crippen LogP contribution in [0.25, 0.3) is 0 Å². The molecule has 1 amide bonds. The summed E-state index contributed by atoms with van der Waals surface area (Å²) in [5.41, 5.74) is 0. The standard InChI is InChI=1S/C8H13Br2NO6/c9-7(10)8(17)11-3(1-12)5(15)6(16)4(14)2-13/h1,3-7,13-16H,2H2,(H,11,17)/t3-,4+,5+,6+/m0/s1. The molecule has 0 saturated carbocycles. The van der Waals surface area contributed by atoms with Crippen LogP contribution < -0.4 is 5.32 Å². The number of alkyl halides is 2. The third kappa shape index (κ3) is 5.40. The molecule has 17 heavy (non-hydrogen) atoms. The van der Waals surface area contributed by atoms with E-state index < -0.39 is 40.6 Å². The second kappa shape index (κ2) is 8.11. The van der Waals surface area contributed by atoms with Gasteiger partial charge in [-0.2, -0.15) is 0 Å².